The molecule has 0 saturated heterocycles. The van der Waals surface area contributed by atoms with E-state index in [0.717, 1.165) is 33.6 Å². The summed E-state index contributed by atoms with van der Waals surface area (Å²) in [4.78, 5) is 25.6. The minimum atomic E-state index is -0.492. The molecule has 198 valence electrons. The number of anilines is 1. The Morgan fingerprint density at radius 2 is 1.84 bits per heavy atom. The van der Waals surface area contributed by atoms with Crippen molar-refractivity contribution in [2.45, 2.75) is 46.0 Å². The maximum absolute atomic E-state index is 12.9. The van der Waals surface area contributed by atoms with Gasteiger partial charge in [-0.25, -0.2) is 4.79 Å². The number of thiophene rings is 1. The van der Waals surface area contributed by atoms with E-state index < -0.39 is 5.97 Å². The number of benzene rings is 2. The highest BCUT2D eigenvalue weighted by Gasteiger charge is 2.23. The molecule has 0 atom stereocenters. The maximum Gasteiger partial charge on any atom is 0.341 e. The van der Waals surface area contributed by atoms with Crippen LogP contribution in [0.2, 0.25) is 0 Å². The molecule has 2 heterocycles. The van der Waals surface area contributed by atoms with E-state index in [0.29, 0.717) is 28.1 Å². The maximum atomic E-state index is 12.9. The third-order valence-corrected chi connectivity index (χ3v) is 7.78. The zero-order chi connectivity index (χ0) is 27.2. The summed E-state index contributed by atoms with van der Waals surface area (Å²) in [5, 5.41) is 14.4. The Bertz CT molecular complexity index is 1460. The number of aromatic nitrogens is 3. The van der Waals surface area contributed by atoms with Crippen LogP contribution in [0, 0.1) is 20.8 Å². The molecular weight excluding hydrogens is 520 g/mol. The van der Waals surface area contributed by atoms with E-state index in [9.17, 15) is 9.59 Å². The Kier molecular flexibility index (Phi) is 8.85. The monoisotopic (exact) mass is 550 g/mol. The molecule has 2 aromatic carbocycles. The van der Waals surface area contributed by atoms with E-state index in [1.165, 1.54) is 30.2 Å². The first-order valence-corrected chi connectivity index (χ1v) is 14.0. The number of hydrogen-bond acceptors (Lipinski definition) is 8. The van der Waals surface area contributed by atoms with Gasteiger partial charge in [-0.3, -0.25) is 4.79 Å². The summed E-state index contributed by atoms with van der Waals surface area (Å²) < 4.78 is 12.9. The van der Waals surface area contributed by atoms with Gasteiger partial charge < -0.3 is 19.4 Å². The quantitative estimate of drug-likeness (QED) is 0.190. The van der Waals surface area contributed by atoms with Gasteiger partial charge in [-0.1, -0.05) is 47.7 Å². The smallest absolute Gasteiger partial charge is 0.341 e. The number of hydrogen-bond donors (Lipinski definition) is 1. The highest BCUT2D eigenvalue weighted by molar-refractivity contribution is 7.99. The number of amides is 1. The van der Waals surface area contributed by atoms with Gasteiger partial charge in [0.2, 0.25) is 5.91 Å². The van der Waals surface area contributed by atoms with Gasteiger partial charge in [-0.15, -0.1) is 21.5 Å². The molecular formula is C28H30N4O4S2. The molecule has 0 aliphatic heterocycles. The van der Waals surface area contributed by atoms with Gasteiger partial charge in [0.25, 0.3) is 0 Å². The Morgan fingerprint density at radius 3 is 2.58 bits per heavy atom. The Labute approximate surface area is 230 Å². The molecule has 10 heteroatoms. The predicted octanol–water partition coefficient (Wildman–Crippen LogP) is 6.05. The molecule has 1 N–H and O–H groups in total. The van der Waals surface area contributed by atoms with Gasteiger partial charge in [0.15, 0.2) is 11.0 Å². The van der Waals surface area contributed by atoms with Crippen molar-refractivity contribution in [3.8, 4) is 16.9 Å². The fourth-order valence-corrected chi connectivity index (χ4v) is 5.76. The molecule has 4 aromatic rings. The number of nitrogens with zero attached hydrogens (tertiary/aromatic N) is 3. The van der Waals surface area contributed by atoms with Crippen molar-refractivity contribution in [1.82, 2.24) is 14.8 Å². The molecule has 2 aromatic heterocycles. The van der Waals surface area contributed by atoms with Crippen LogP contribution in [0.15, 0.2) is 53.0 Å². The van der Waals surface area contributed by atoms with Gasteiger partial charge in [0, 0.05) is 17.5 Å². The van der Waals surface area contributed by atoms with Crippen molar-refractivity contribution in [3.63, 3.8) is 0 Å². The summed E-state index contributed by atoms with van der Waals surface area (Å²) in [7, 11) is 1.34. The van der Waals surface area contributed by atoms with E-state index in [2.05, 4.69) is 15.5 Å². The van der Waals surface area contributed by atoms with E-state index in [-0.39, 0.29) is 18.3 Å². The molecule has 0 fully saturated rings. The lowest BCUT2D eigenvalue weighted by molar-refractivity contribution is -0.113. The summed E-state index contributed by atoms with van der Waals surface area (Å²) >= 11 is 2.59. The lowest BCUT2D eigenvalue weighted by Gasteiger charge is -2.11. The van der Waals surface area contributed by atoms with Crippen LogP contribution >= 0.6 is 23.1 Å². The molecule has 0 aliphatic carbocycles. The number of thioether (sulfide) groups is 1. The van der Waals surface area contributed by atoms with Gasteiger partial charge in [-0.05, 0) is 56.5 Å². The molecule has 8 nitrogen and oxygen atoms in total. The first-order valence-electron chi connectivity index (χ1n) is 12.1. The number of esters is 1. The molecule has 0 bridgehead atoms. The van der Waals surface area contributed by atoms with Crippen LogP contribution in [0.25, 0.3) is 11.1 Å². The molecule has 0 saturated carbocycles. The Balaban J connectivity index is 1.45. The fourth-order valence-electron chi connectivity index (χ4n) is 3.97. The summed E-state index contributed by atoms with van der Waals surface area (Å²) in [5.41, 5.74) is 5.27. The third kappa shape index (κ3) is 6.25. The van der Waals surface area contributed by atoms with Gasteiger partial charge in [-0.2, -0.15) is 0 Å². The Hall–Kier alpha value is -3.63. The standard InChI is InChI=1S/C28H30N4O4S2/c1-6-32-23(14-36-20-9-7-8-17(2)12-20)30-31-28(32)38-16-24(33)29-26-25(27(34)35-5)22(15-37-26)21-13-18(3)10-11-19(21)4/h7-13,15H,6,14,16H2,1-5H3,(H,29,33). The second-order valence-corrected chi connectivity index (χ2v) is 10.6. The predicted molar refractivity (Wildman–Crippen MR) is 151 cm³/mol. The molecule has 4 rings (SSSR count). The van der Waals surface area contributed by atoms with Crippen molar-refractivity contribution in [1.29, 1.82) is 0 Å². The van der Waals surface area contributed by atoms with E-state index in [1.54, 1.807) is 0 Å². The largest absolute Gasteiger partial charge is 0.486 e. The normalized spacial score (nSPS) is 10.9. The number of rotatable bonds is 10. The highest BCUT2D eigenvalue weighted by Crippen LogP contribution is 2.38. The zero-order valence-electron chi connectivity index (χ0n) is 22.0. The lowest BCUT2D eigenvalue weighted by Crippen LogP contribution is -2.16. The fraction of sp³-hybridized carbons (Fsp3) is 0.286. The number of aryl methyl sites for hydroxylation is 3. The molecule has 0 unspecified atom stereocenters. The number of methoxy groups -OCH3 is 1. The first-order chi connectivity index (χ1) is 18.3. The first kappa shape index (κ1) is 27.4. The van der Waals surface area contributed by atoms with Crippen molar-refractivity contribution >= 4 is 40.0 Å². The SMILES string of the molecule is CCn1c(COc2cccc(C)c2)nnc1SCC(=O)Nc1scc(-c2cc(C)ccc2C)c1C(=O)OC. The van der Waals surface area contributed by atoms with E-state index >= 15 is 0 Å². The third-order valence-electron chi connectivity index (χ3n) is 5.92. The number of nitrogens with one attached hydrogen (secondary N) is 1. The van der Waals surface area contributed by atoms with Crippen molar-refractivity contribution in [3.05, 3.63) is 75.9 Å². The van der Waals surface area contributed by atoms with Crippen LogP contribution in [-0.2, 0) is 22.7 Å². The van der Waals surface area contributed by atoms with Crippen LogP contribution < -0.4 is 10.1 Å². The zero-order valence-corrected chi connectivity index (χ0v) is 23.7. The summed E-state index contributed by atoms with van der Waals surface area (Å²) in [6.45, 7) is 8.91. The topological polar surface area (TPSA) is 95.3 Å². The molecule has 0 radical (unpaired) electrons. The van der Waals surface area contributed by atoms with Crippen molar-refractivity contribution < 1.29 is 19.1 Å². The minimum absolute atomic E-state index is 0.105. The molecule has 0 aliphatic rings. The molecule has 0 spiro atoms. The van der Waals surface area contributed by atoms with Crippen LogP contribution in [0.1, 0.15) is 39.8 Å². The second-order valence-electron chi connectivity index (χ2n) is 8.75. The highest BCUT2D eigenvalue weighted by atomic mass is 32.2. The van der Waals surface area contributed by atoms with Gasteiger partial charge >= 0.3 is 5.97 Å². The van der Waals surface area contributed by atoms with E-state index in [4.69, 9.17) is 9.47 Å². The second kappa shape index (κ2) is 12.3. The number of carbonyl (C=O) groups is 2. The Morgan fingerprint density at radius 1 is 1.05 bits per heavy atom. The van der Waals surface area contributed by atoms with Crippen molar-refractivity contribution in [2.24, 2.45) is 0 Å². The van der Waals surface area contributed by atoms with Crippen LogP contribution in [-0.4, -0.2) is 39.5 Å². The summed E-state index contributed by atoms with van der Waals surface area (Å²) in [6.07, 6.45) is 0. The summed E-state index contributed by atoms with van der Waals surface area (Å²) in [5.74, 6) is 0.809. The molecule has 1 amide bonds. The number of ether oxygens (including phenoxy) is 2. The average molecular weight is 551 g/mol. The summed E-state index contributed by atoms with van der Waals surface area (Å²) in [6, 6.07) is 13.9. The van der Waals surface area contributed by atoms with Crippen LogP contribution in [0.3, 0.4) is 0 Å². The van der Waals surface area contributed by atoms with Crippen molar-refractivity contribution in [2.75, 3.05) is 18.2 Å². The van der Waals surface area contributed by atoms with Crippen LogP contribution in [0.5, 0.6) is 5.75 Å². The van der Waals surface area contributed by atoms with Gasteiger partial charge in [0.05, 0.1) is 12.9 Å². The lowest BCUT2D eigenvalue weighted by atomic mass is 9.97. The van der Waals surface area contributed by atoms with E-state index in [1.807, 2.05) is 80.1 Å². The average Bonchev–Trinajstić information content (AvgIpc) is 3.50. The minimum Gasteiger partial charge on any atom is -0.486 e. The van der Waals surface area contributed by atoms with Gasteiger partial charge in [0.1, 0.15) is 22.9 Å². The number of carbonyl (C=O) groups excluding carboxylic acids is 2. The van der Waals surface area contributed by atoms with Crippen LogP contribution in [0.4, 0.5) is 5.00 Å². The molecule has 38 heavy (non-hydrogen) atoms.